The molecular weight excluding hydrogens is 486 g/mol. The zero-order chi connectivity index (χ0) is 25.5. The molecule has 2 bridgehead atoms. The number of hydrogen-bond acceptors (Lipinski definition) is 9. The summed E-state index contributed by atoms with van der Waals surface area (Å²) in [6.07, 6.45) is 4.53. The third kappa shape index (κ3) is 5.54. The van der Waals surface area contributed by atoms with Crippen molar-refractivity contribution in [2.24, 2.45) is 17.3 Å². The van der Waals surface area contributed by atoms with Gasteiger partial charge in [-0.2, -0.15) is 0 Å². The number of fused-ring (bicyclic) bond motifs is 3. The zero-order valence-electron chi connectivity index (χ0n) is 21.2. The molecule has 1 unspecified atom stereocenters. The number of thioether (sulfide) groups is 1. The summed E-state index contributed by atoms with van der Waals surface area (Å²) in [4.78, 5) is 30.7. The quantitative estimate of drug-likeness (QED) is 0.344. The summed E-state index contributed by atoms with van der Waals surface area (Å²) in [5, 5.41) is 23.8. The Labute approximate surface area is 215 Å². The molecule has 1 aromatic rings. The van der Waals surface area contributed by atoms with E-state index < -0.39 is 35.6 Å². The molecule has 8 atom stereocenters. The third-order valence-corrected chi connectivity index (χ3v) is 10.2. The van der Waals surface area contributed by atoms with E-state index in [9.17, 15) is 19.8 Å². The smallest absolute Gasteiger partial charge is 0.309 e. The monoisotopic (exact) mass is 523 g/mol. The molecule has 1 aromatic heterocycles. The van der Waals surface area contributed by atoms with E-state index in [0.29, 0.717) is 12.8 Å². The van der Waals surface area contributed by atoms with E-state index in [2.05, 4.69) is 11.9 Å². The van der Waals surface area contributed by atoms with Crippen molar-refractivity contribution in [1.29, 1.82) is 0 Å². The van der Waals surface area contributed by atoms with Gasteiger partial charge in [0.2, 0.25) is 0 Å². The van der Waals surface area contributed by atoms with Gasteiger partial charge in [0.25, 0.3) is 0 Å². The van der Waals surface area contributed by atoms with Crippen LogP contribution in [0.1, 0.15) is 71.9 Å². The lowest BCUT2D eigenvalue weighted by Crippen LogP contribution is -2.54. The van der Waals surface area contributed by atoms with Gasteiger partial charge in [-0.15, -0.1) is 11.3 Å². The number of carbonyl (C=O) groups is 2. The summed E-state index contributed by atoms with van der Waals surface area (Å²) in [5.41, 5.74) is 0.314. The number of ether oxygens (including phenoxy) is 2. The topological polar surface area (TPSA) is 109 Å². The van der Waals surface area contributed by atoms with Crippen molar-refractivity contribution >= 4 is 40.9 Å². The Morgan fingerprint density at radius 2 is 2.06 bits per heavy atom. The fraction of sp³-hybridized carbons (Fsp3) is 0.731. The van der Waals surface area contributed by atoms with Crippen LogP contribution in [0.25, 0.3) is 6.08 Å². The van der Waals surface area contributed by atoms with Gasteiger partial charge in [-0.1, -0.05) is 32.0 Å². The average Bonchev–Trinajstić information content (AvgIpc) is 3.21. The average molecular weight is 524 g/mol. The third-order valence-electron chi connectivity index (χ3n) is 8.30. The number of nitrogens with zero attached hydrogens (tertiary/aromatic N) is 1. The number of esters is 1. The molecule has 1 aliphatic carbocycles. The molecule has 2 N–H and O–H groups in total. The molecule has 0 aromatic carbocycles. The van der Waals surface area contributed by atoms with Crippen LogP contribution in [0.3, 0.4) is 0 Å². The Balaban J connectivity index is 1.58. The van der Waals surface area contributed by atoms with Crippen LogP contribution in [0.4, 0.5) is 0 Å². The molecule has 0 radical (unpaired) electrons. The first-order valence-corrected chi connectivity index (χ1v) is 14.5. The number of epoxide rings is 1. The largest absolute Gasteiger partial charge is 0.458 e. The number of aliphatic hydroxyl groups is 2. The molecule has 35 heavy (non-hydrogen) atoms. The van der Waals surface area contributed by atoms with Gasteiger partial charge in [-0.05, 0) is 56.9 Å². The normalized spacial score (nSPS) is 41.1. The Morgan fingerprint density at radius 1 is 1.31 bits per heavy atom. The van der Waals surface area contributed by atoms with Crippen molar-refractivity contribution in [3.63, 3.8) is 0 Å². The van der Waals surface area contributed by atoms with Crippen molar-refractivity contribution in [2.75, 3.05) is 6.26 Å². The van der Waals surface area contributed by atoms with E-state index in [0.717, 1.165) is 34.9 Å². The highest BCUT2D eigenvalue weighted by Gasteiger charge is 2.55. The molecule has 4 rings (SSSR count). The molecule has 2 aliphatic heterocycles. The van der Waals surface area contributed by atoms with Crippen molar-refractivity contribution in [1.82, 2.24) is 4.98 Å². The van der Waals surface area contributed by atoms with Gasteiger partial charge in [-0.25, -0.2) is 4.98 Å². The number of Topliss-reactive ketones (excluding diaryl/α,β-unsaturated/α-hetero) is 1. The lowest BCUT2D eigenvalue weighted by atomic mass is 9.60. The Bertz CT molecular complexity index is 994. The molecule has 0 amide bonds. The maximum absolute atomic E-state index is 13.1. The summed E-state index contributed by atoms with van der Waals surface area (Å²) < 4.78 is 12.9. The summed E-state index contributed by atoms with van der Waals surface area (Å²) >= 11 is 3.16. The van der Waals surface area contributed by atoms with Gasteiger partial charge in [0.1, 0.15) is 16.2 Å². The number of carbonyl (C=O) groups excluding carboxylic acids is 2. The summed E-state index contributed by atoms with van der Waals surface area (Å²) in [6, 6.07) is 0. The summed E-state index contributed by atoms with van der Waals surface area (Å²) in [7, 11) is 0. The summed E-state index contributed by atoms with van der Waals surface area (Å²) in [5.74, 6) is -1.42. The minimum atomic E-state index is -1.17. The number of aromatic nitrogens is 1. The van der Waals surface area contributed by atoms with Gasteiger partial charge in [0.15, 0.2) is 0 Å². The number of aliphatic hydroxyl groups excluding tert-OH is 2. The van der Waals surface area contributed by atoms with E-state index in [1.165, 1.54) is 0 Å². The maximum atomic E-state index is 13.1. The van der Waals surface area contributed by atoms with Crippen molar-refractivity contribution < 1.29 is 29.3 Å². The zero-order valence-corrected chi connectivity index (χ0v) is 22.8. The highest BCUT2D eigenvalue weighted by Crippen LogP contribution is 2.48. The molecule has 1 saturated carbocycles. The van der Waals surface area contributed by atoms with E-state index in [4.69, 9.17) is 9.47 Å². The number of hydrogen-bond donors (Lipinski definition) is 2. The lowest BCUT2D eigenvalue weighted by molar-refractivity contribution is -0.161. The molecule has 9 heteroatoms. The van der Waals surface area contributed by atoms with E-state index >= 15 is 0 Å². The SMILES string of the molecule is CSc1nc(/C=C(\C)[C@@H]2C[C@@H]3O[C@]3(C)CCC[C@@H]3C[C@@](C)(C(=O)[C@H](C)C3O)[C@@H](O)CC(=O)O2)cs1. The van der Waals surface area contributed by atoms with Crippen LogP contribution in [0.15, 0.2) is 15.3 Å². The van der Waals surface area contributed by atoms with Crippen LogP contribution >= 0.6 is 23.1 Å². The molecule has 7 nitrogen and oxygen atoms in total. The van der Waals surface area contributed by atoms with Crippen molar-refractivity contribution in [3.8, 4) is 0 Å². The molecule has 194 valence electrons. The second kappa shape index (κ2) is 10.2. The van der Waals surface area contributed by atoms with Crippen molar-refractivity contribution in [2.45, 2.75) is 101 Å². The first kappa shape index (κ1) is 26.8. The van der Waals surface area contributed by atoms with Gasteiger partial charge in [0, 0.05) is 17.7 Å². The fourth-order valence-electron chi connectivity index (χ4n) is 5.81. The molecule has 3 heterocycles. The van der Waals surface area contributed by atoms with Crippen LogP contribution in [-0.2, 0) is 19.1 Å². The number of thiazole rings is 1. The molecule has 0 spiro atoms. The number of ketones is 1. The van der Waals surface area contributed by atoms with Crippen molar-refractivity contribution in [3.05, 3.63) is 16.6 Å². The maximum Gasteiger partial charge on any atom is 0.309 e. The Hall–Kier alpha value is -1.26. The first-order valence-electron chi connectivity index (χ1n) is 12.4. The Morgan fingerprint density at radius 3 is 2.74 bits per heavy atom. The van der Waals surface area contributed by atoms with E-state index in [1.807, 2.05) is 24.6 Å². The van der Waals surface area contributed by atoms with Gasteiger partial charge in [-0.3, -0.25) is 9.59 Å². The van der Waals surface area contributed by atoms with Crippen LogP contribution in [0, 0.1) is 17.3 Å². The van der Waals surface area contributed by atoms with E-state index in [1.54, 1.807) is 36.9 Å². The second-order valence-corrected chi connectivity index (χ2v) is 12.8. The molecule has 3 fully saturated rings. The fourth-order valence-corrected chi connectivity index (χ4v) is 7.04. The predicted molar refractivity (Wildman–Crippen MR) is 136 cm³/mol. The summed E-state index contributed by atoms with van der Waals surface area (Å²) in [6.45, 7) is 7.46. The van der Waals surface area contributed by atoms with Gasteiger partial charge < -0.3 is 19.7 Å². The lowest BCUT2D eigenvalue weighted by Gasteiger charge is -2.45. The highest BCUT2D eigenvalue weighted by molar-refractivity contribution is 8.00. The van der Waals surface area contributed by atoms with Gasteiger partial charge >= 0.3 is 5.97 Å². The Kier molecular flexibility index (Phi) is 7.84. The highest BCUT2D eigenvalue weighted by atomic mass is 32.2. The number of rotatable bonds is 3. The van der Waals surface area contributed by atoms with Crippen LogP contribution in [0.5, 0.6) is 0 Å². The molecule has 2 saturated heterocycles. The number of cyclic esters (lactones) is 1. The van der Waals surface area contributed by atoms with E-state index in [-0.39, 0.29) is 29.8 Å². The minimum absolute atomic E-state index is 0.0317. The van der Waals surface area contributed by atoms with Crippen LogP contribution < -0.4 is 0 Å². The standard InChI is InChI=1S/C26H37NO6S2/c1-14(9-17-13-35-24(27-17)34-5)18-10-20-26(4,33-20)8-6-7-16-12-25(3,19(28)11-21(29)32-18)23(31)15(2)22(16)30/h9,13,15-16,18-20,22,28,30H,6-8,10-12H2,1-5H3/b14-9+/t15-,16-,18+,19+,20+,22?,25-,26-/m1/s1. The van der Waals surface area contributed by atoms with Crippen LogP contribution in [0.2, 0.25) is 0 Å². The molecular formula is C26H37NO6S2. The molecule has 3 aliphatic rings. The second-order valence-electron chi connectivity index (χ2n) is 10.9. The van der Waals surface area contributed by atoms with Gasteiger partial charge in [0.05, 0.1) is 41.4 Å². The predicted octanol–water partition coefficient (Wildman–Crippen LogP) is 4.25. The minimum Gasteiger partial charge on any atom is -0.458 e. The first-order chi connectivity index (χ1) is 16.5. The van der Waals surface area contributed by atoms with Crippen LogP contribution in [-0.4, -0.2) is 63.2 Å².